The summed E-state index contributed by atoms with van der Waals surface area (Å²) in [5, 5.41) is 0. The van der Waals surface area contributed by atoms with E-state index in [1.165, 1.54) is 6.92 Å². The van der Waals surface area contributed by atoms with Crippen LogP contribution in [-0.4, -0.2) is 12.6 Å². The van der Waals surface area contributed by atoms with Gasteiger partial charge in [0, 0.05) is 12.8 Å². The average Bonchev–Trinajstić information content (AvgIpc) is 2.10. The molecule has 0 bridgehead atoms. The van der Waals surface area contributed by atoms with Gasteiger partial charge in [0.25, 0.3) is 0 Å². The van der Waals surface area contributed by atoms with Crippen LogP contribution in [0.1, 0.15) is 20.8 Å². The average molecular weight is 194 g/mol. The highest BCUT2D eigenvalue weighted by Crippen LogP contribution is 2.13. The molecule has 0 unspecified atom stereocenters. The molecule has 0 radical (unpaired) electrons. The Balaban J connectivity index is 4.25. The van der Waals surface area contributed by atoms with Crippen LogP contribution in [-0.2, 0) is 9.53 Å². The van der Waals surface area contributed by atoms with Crippen LogP contribution >= 0.6 is 0 Å². The van der Waals surface area contributed by atoms with Crippen molar-refractivity contribution in [2.45, 2.75) is 20.8 Å². The molecule has 0 aliphatic heterocycles. The highest BCUT2D eigenvalue weighted by molar-refractivity contribution is 5.66. The molecular weight excluding hydrogens is 176 g/mol. The highest BCUT2D eigenvalue weighted by atomic mass is 16.5. The van der Waals surface area contributed by atoms with Crippen molar-refractivity contribution in [1.29, 1.82) is 0 Å². The summed E-state index contributed by atoms with van der Waals surface area (Å²) in [6.07, 6.45) is 3.82. The van der Waals surface area contributed by atoms with E-state index in [-0.39, 0.29) is 11.9 Å². The first kappa shape index (κ1) is 12.7. The minimum Gasteiger partial charge on any atom is -0.461 e. The van der Waals surface area contributed by atoms with Gasteiger partial charge in [0.1, 0.15) is 6.61 Å². The predicted molar refractivity (Wildman–Crippen MR) is 58.9 cm³/mol. The first-order valence-corrected chi connectivity index (χ1v) is 4.56. The zero-order valence-corrected chi connectivity index (χ0v) is 9.17. The quantitative estimate of drug-likeness (QED) is 0.497. The van der Waals surface area contributed by atoms with Gasteiger partial charge >= 0.3 is 5.97 Å². The molecule has 0 aliphatic carbocycles. The van der Waals surface area contributed by atoms with E-state index in [1.54, 1.807) is 0 Å². The van der Waals surface area contributed by atoms with E-state index < -0.39 is 0 Å². The Labute approximate surface area is 86.0 Å². The summed E-state index contributed by atoms with van der Waals surface area (Å²) in [6, 6.07) is 0. The summed E-state index contributed by atoms with van der Waals surface area (Å²) in [5.74, 6) is -0.103. The van der Waals surface area contributed by atoms with E-state index in [4.69, 9.17) is 4.74 Å². The van der Waals surface area contributed by atoms with Crippen LogP contribution in [0.15, 0.2) is 36.5 Å². The van der Waals surface area contributed by atoms with Crippen molar-refractivity contribution in [3.8, 4) is 0 Å². The summed E-state index contributed by atoms with van der Waals surface area (Å²) >= 11 is 0. The van der Waals surface area contributed by atoms with E-state index in [1.807, 2.05) is 26.0 Å². The molecule has 0 rings (SSSR count). The molecule has 0 aliphatic rings. The molecule has 0 aromatic heterocycles. The van der Waals surface area contributed by atoms with Gasteiger partial charge < -0.3 is 4.74 Å². The fourth-order valence-corrected chi connectivity index (χ4v) is 0.982. The molecule has 0 spiro atoms. The number of allylic oxidation sites excluding steroid dienone is 3. The monoisotopic (exact) mass is 194 g/mol. The highest BCUT2D eigenvalue weighted by Gasteiger charge is 2.02. The molecule has 78 valence electrons. The van der Waals surface area contributed by atoms with Crippen molar-refractivity contribution < 1.29 is 9.53 Å². The molecule has 0 saturated carbocycles. The normalized spacial score (nSPS) is 13.2. The summed E-state index contributed by atoms with van der Waals surface area (Å²) in [7, 11) is 0. The van der Waals surface area contributed by atoms with Crippen LogP contribution in [0.4, 0.5) is 0 Å². The Kier molecular flexibility index (Phi) is 5.61. The van der Waals surface area contributed by atoms with E-state index in [0.29, 0.717) is 6.61 Å². The van der Waals surface area contributed by atoms with Crippen LogP contribution < -0.4 is 0 Å². The second kappa shape index (κ2) is 6.19. The number of hydrogen-bond acceptors (Lipinski definition) is 2. The molecule has 14 heavy (non-hydrogen) atoms. The molecule has 1 atom stereocenters. The Hall–Kier alpha value is -1.31. The molecule has 0 amide bonds. The lowest BCUT2D eigenvalue weighted by Gasteiger charge is -2.09. The van der Waals surface area contributed by atoms with Crippen LogP contribution in [0.3, 0.4) is 0 Å². The first-order chi connectivity index (χ1) is 6.47. The van der Waals surface area contributed by atoms with Gasteiger partial charge in [-0.3, -0.25) is 4.79 Å². The van der Waals surface area contributed by atoms with Gasteiger partial charge in [-0.1, -0.05) is 24.3 Å². The SMILES string of the molecule is C=C[C@@H](/C=C(\C)COC(C)=O)C(=C)C. The van der Waals surface area contributed by atoms with Gasteiger partial charge in [-0.25, -0.2) is 0 Å². The van der Waals surface area contributed by atoms with Crippen molar-refractivity contribution >= 4 is 5.97 Å². The molecule has 0 fully saturated rings. The summed E-state index contributed by atoms with van der Waals surface area (Å²) < 4.78 is 4.86. The van der Waals surface area contributed by atoms with Crippen LogP contribution in [0, 0.1) is 5.92 Å². The molecule has 0 heterocycles. The van der Waals surface area contributed by atoms with Crippen LogP contribution in [0.5, 0.6) is 0 Å². The largest absolute Gasteiger partial charge is 0.461 e. The molecule has 2 heteroatoms. The lowest BCUT2D eigenvalue weighted by atomic mass is 10.00. The van der Waals surface area contributed by atoms with Gasteiger partial charge in [-0.15, -0.1) is 6.58 Å². The minimum atomic E-state index is -0.261. The lowest BCUT2D eigenvalue weighted by Crippen LogP contribution is -2.03. The second-order valence-corrected chi connectivity index (χ2v) is 3.40. The zero-order chi connectivity index (χ0) is 11.1. The summed E-state index contributed by atoms with van der Waals surface area (Å²) in [6.45, 7) is 13.2. The third kappa shape index (κ3) is 5.36. The first-order valence-electron chi connectivity index (χ1n) is 4.56. The number of esters is 1. The van der Waals surface area contributed by atoms with E-state index in [0.717, 1.165) is 11.1 Å². The number of carbonyl (C=O) groups is 1. The van der Waals surface area contributed by atoms with Crippen molar-refractivity contribution in [3.05, 3.63) is 36.5 Å². The molecule has 2 nitrogen and oxygen atoms in total. The molecule has 0 aromatic rings. The topological polar surface area (TPSA) is 26.3 Å². The van der Waals surface area contributed by atoms with Gasteiger partial charge in [0.05, 0.1) is 0 Å². The molecule has 0 N–H and O–H groups in total. The molecule has 0 saturated heterocycles. The van der Waals surface area contributed by atoms with Crippen molar-refractivity contribution in [3.63, 3.8) is 0 Å². The van der Waals surface area contributed by atoms with Crippen LogP contribution in [0.25, 0.3) is 0 Å². The van der Waals surface area contributed by atoms with E-state index in [2.05, 4.69) is 13.2 Å². The zero-order valence-electron chi connectivity index (χ0n) is 9.17. The maximum Gasteiger partial charge on any atom is 0.302 e. The van der Waals surface area contributed by atoms with Gasteiger partial charge in [0.2, 0.25) is 0 Å². The summed E-state index contributed by atoms with van der Waals surface area (Å²) in [4.78, 5) is 10.6. The number of hydrogen-bond donors (Lipinski definition) is 0. The Bertz CT molecular complexity index is 261. The number of ether oxygens (including phenoxy) is 1. The van der Waals surface area contributed by atoms with E-state index in [9.17, 15) is 4.79 Å². The van der Waals surface area contributed by atoms with Crippen molar-refractivity contribution in [2.24, 2.45) is 5.92 Å². The number of rotatable bonds is 5. The Morgan fingerprint density at radius 3 is 2.36 bits per heavy atom. The van der Waals surface area contributed by atoms with E-state index >= 15 is 0 Å². The van der Waals surface area contributed by atoms with Crippen molar-refractivity contribution in [1.82, 2.24) is 0 Å². The Morgan fingerprint density at radius 2 is 2.00 bits per heavy atom. The maximum absolute atomic E-state index is 10.6. The second-order valence-electron chi connectivity index (χ2n) is 3.40. The van der Waals surface area contributed by atoms with Gasteiger partial charge in [0.15, 0.2) is 0 Å². The van der Waals surface area contributed by atoms with Gasteiger partial charge in [-0.2, -0.15) is 0 Å². The third-order valence-corrected chi connectivity index (χ3v) is 1.79. The van der Waals surface area contributed by atoms with Crippen molar-refractivity contribution in [2.75, 3.05) is 6.61 Å². The fourth-order valence-electron chi connectivity index (χ4n) is 0.982. The maximum atomic E-state index is 10.6. The predicted octanol–water partition coefficient (Wildman–Crippen LogP) is 2.87. The smallest absolute Gasteiger partial charge is 0.302 e. The summed E-state index contributed by atoms with van der Waals surface area (Å²) in [5.41, 5.74) is 2.04. The Morgan fingerprint density at radius 1 is 1.43 bits per heavy atom. The fraction of sp³-hybridized carbons (Fsp3) is 0.417. The standard InChI is InChI=1S/C12H18O2/c1-6-12(9(2)3)7-10(4)8-14-11(5)13/h6-7,12H,1-2,8H2,3-5H3/b10-7+/t12-/m0/s1. The lowest BCUT2D eigenvalue weighted by molar-refractivity contribution is -0.139. The molecular formula is C12H18O2. The molecule has 0 aromatic carbocycles. The third-order valence-electron chi connectivity index (χ3n) is 1.79. The van der Waals surface area contributed by atoms with Gasteiger partial charge in [-0.05, 0) is 19.4 Å². The van der Waals surface area contributed by atoms with Crippen LogP contribution in [0.2, 0.25) is 0 Å². The minimum absolute atomic E-state index is 0.158. The number of carbonyl (C=O) groups excluding carboxylic acids is 1.